The molecule has 0 saturated carbocycles. The average molecular weight is 283 g/mol. The van der Waals surface area contributed by atoms with E-state index in [0.717, 1.165) is 10.8 Å². The molecule has 0 aliphatic carbocycles. The van der Waals surface area contributed by atoms with E-state index < -0.39 is 6.04 Å². The summed E-state index contributed by atoms with van der Waals surface area (Å²) in [5.41, 5.74) is 0.287. The molecular weight excluding hydrogens is 262 g/mol. The predicted octanol–water partition coefficient (Wildman–Crippen LogP) is 3.57. The summed E-state index contributed by atoms with van der Waals surface area (Å²) in [6.45, 7) is 7.35. The van der Waals surface area contributed by atoms with Crippen molar-refractivity contribution < 1.29 is 9.59 Å². The molecule has 0 spiro atoms. The van der Waals surface area contributed by atoms with Gasteiger partial charge in [-0.05, 0) is 29.2 Å². The molecule has 110 valence electrons. The summed E-state index contributed by atoms with van der Waals surface area (Å²) in [6.07, 6.45) is 0. The first kappa shape index (κ1) is 15.2. The molecule has 3 heteroatoms. The van der Waals surface area contributed by atoms with Crippen LogP contribution in [0.2, 0.25) is 0 Å². The molecule has 2 aromatic rings. The molecule has 2 rings (SSSR count). The SMILES string of the molecule is CC(=O)C(NC(=O)c1cccc2ccccc12)C(C)(C)C. The lowest BCUT2D eigenvalue weighted by molar-refractivity contribution is -0.121. The monoisotopic (exact) mass is 283 g/mol. The van der Waals surface area contributed by atoms with Crippen LogP contribution in [0.15, 0.2) is 42.5 Å². The summed E-state index contributed by atoms with van der Waals surface area (Å²) in [5.74, 6) is -0.238. The van der Waals surface area contributed by atoms with Crippen LogP contribution in [0.3, 0.4) is 0 Å². The van der Waals surface area contributed by atoms with E-state index in [0.29, 0.717) is 5.56 Å². The van der Waals surface area contributed by atoms with Gasteiger partial charge in [-0.2, -0.15) is 0 Å². The van der Waals surface area contributed by atoms with Crippen molar-refractivity contribution in [3.8, 4) is 0 Å². The Morgan fingerprint density at radius 2 is 1.62 bits per heavy atom. The Balaban J connectivity index is 2.37. The molecule has 2 aromatic carbocycles. The summed E-state index contributed by atoms with van der Waals surface area (Å²) >= 11 is 0. The van der Waals surface area contributed by atoms with Gasteiger partial charge in [0.25, 0.3) is 5.91 Å². The number of Topliss-reactive ketones (excluding diaryl/α,β-unsaturated/α-hetero) is 1. The molecule has 0 fully saturated rings. The Morgan fingerprint density at radius 3 is 2.24 bits per heavy atom. The van der Waals surface area contributed by atoms with Gasteiger partial charge in [0.1, 0.15) is 0 Å². The maximum atomic E-state index is 12.6. The molecule has 1 N–H and O–H groups in total. The number of carbonyl (C=O) groups excluding carboxylic acids is 2. The molecule has 0 aromatic heterocycles. The number of benzene rings is 2. The minimum absolute atomic E-state index is 0.0314. The van der Waals surface area contributed by atoms with Crippen LogP contribution in [0.1, 0.15) is 38.1 Å². The molecule has 21 heavy (non-hydrogen) atoms. The van der Waals surface area contributed by atoms with Crippen molar-refractivity contribution in [1.82, 2.24) is 5.32 Å². The number of hydrogen-bond acceptors (Lipinski definition) is 2. The maximum absolute atomic E-state index is 12.6. The highest BCUT2D eigenvalue weighted by atomic mass is 16.2. The number of ketones is 1. The highest BCUT2D eigenvalue weighted by Gasteiger charge is 2.30. The van der Waals surface area contributed by atoms with Crippen LogP contribution in [-0.2, 0) is 4.79 Å². The van der Waals surface area contributed by atoms with Crippen molar-refractivity contribution in [1.29, 1.82) is 0 Å². The van der Waals surface area contributed by atoms with Crippen LogP contribution < -0.4 is 5.32 Å². The second-order valence-electron chi connectivity index (χ2n) is 6.41. The first-order chi connectivity index (χ1) is 9.80. The standard InChI is InChI=1S/C18H21NO2/c1-12(20)16(18(2,3)4)19-17(21)15-11-7-9-13-8-5-6-10-14(13)15/h5-11,16H,1-4H3,(H,19,21). The minimum Gasteiger partial charge on any atom is -0.342 e. The zero-order chi connectivity index (χ0) is 15.6. The summed E-state index contributed by atoms with van der Waals surface area (Å²) in [7, 11) is 0. The van der Waals surface area contributed by atoms with Gasteiger partial charge < -0.3 is 5.32 Å². The van der Waals surface area contributed by atoms with Crippen molar-refractivity contribution >= 4 is 22.5 Å². The molecule has 0 radical (unpaired) electrons. The fourth-order valence-electron chi connectivity index (χ4n) is 2.56. The number of nitrogens with one attached hydrogen (secondary N) is 1. The summed E-state index contributed by atoms with van der Waals surface area (Å²) in [4.78, 5) is 24.4. The third-order valence-electron chi connectivity index (χ3n) is 3.58. The lowest BCUT2D eigenvalue weighted by Crippen LogP contribution is -2.48. The molecule has 0 saturated heterocycles. The van der Waals surface area contributed by atoms with Crippen molar-refractivity contribution in [3.05, 3.63) is 48.0 Å². The van der Waals surface area contributed by atoms with E-state index in [9.17, 15) is 9.59 Å². The third-order valence-corrected chi connectivity index (χ3v) is 3.58. The predicted molar refractivity (Wildman–Crippen MR) is 85.3 cm³/mol. The second kappa shape index (κ2) is 5.68. The Labute approximate surface area is 125 Å². The van der Waals surface area contributed by atoms with Crippen LogP contribution in [0.25, 0.3) is 10.8 Å². The van der Waals surface area contributed by atoms with E-state index in [1.165, 1.54) is 6.92 Å². The second-order valence-corrected chi connectivity index (χ2v) is 6.41. The molecular formula is C18H21NO2. The van der Waals surface area contributed by atoms with Crippen LogP contribution in [0.4, 0.5) is 0 Å². The number of carbonyl (C=O) groups is 2. The van der Waals surface area contributed by atoms with Gasteiger partial charge >= 0.3 is 0 Å². The van der Waals surface area contributed by atoms with Crippen molar-refractivity contribution in [2.45, 2.75) is 33.7 Å². The van der Waals surface area contributed by atoms with E-state index in [4.69, 9.17) is 0 Å². The Bertz CT molecular complexity index is 678. The van der Waals surface area contributed by atoms with Gasteiger partial charge in [-0.25, -0.2) is 0 Å². The van der Waals surface area contributed by atoms with E-state index in [1.54, 1.807) is 6.07 Å². The molecule has 0 aliphatic heterocycles. The Hall–Kier alpha value is -2.16. The lowest BCUT2D eigenvalue weighted by atomic mass is 9.84. The van der Waals surface area contributed by atoms with Gasteiger partial charge in [-0.1, -0.05) is 57.2 Å². The van der Waals surface area contributed by atoms with Gasteiger partial charge in [-0.3, -0.25) is 9.59 Å². The van der Waals surface area contributed by atoms with Crippen molar-refractivity contribution in [2.24, 2.45) is 5.41 Å². The molecule has 1 atom stereocenters. The number of hydrogen-bond donors (Lipinski definition) is 1. The minimum atomic E-state index is -0.496. The van der Waals surface area contributed by atoms with E-state index in [2.05, 4.69) is 5.32 Å². The first-order valence-electron chi connectivity index (χ1n) is 7.10. The molecule has 1 amide bonds. The fraction of sp³-hybridized carbons (Fsp3) is 0.333. The highest BCUT2D eigenvalue weighted by Crippen LogP contribution is 2.22. The number of rotatable bonds is 3. The molecule has 0 heterocycles. The van der Waals surface area contributed by atoms with Gasteiger partial charge in [0.05, 0.1) is 6.04 Å². The summed E-state index contributed by atoms with van der Waals surface area (Å²) in [6, 6.07) is 12.9. The zero-order valence-electron chi connectivity index (χ0n) is 12.9. The lowest BCUT2D eigenvalue weighted by Gasteiger charge is -2.29. The molecule has 0 bridgehead atoms. The van der Waals surface area contributed by atoms with Gasteiger partial charge in [0.15, 0.2) is 5.78 Å². The Morgan fingerprint density at radius 1 is 1.00 bits per heavy atom. The van der Waals surface area contributed by atoms with Crippen LogP contribution >= 0.6 is 0 Å². The zero-order valence-corrected chi connectivity index (χ0v) is 12.9. The number of amides is 1. The first-order valence-corrected chi connectivity index (χ1v) is 7.10. The van der Waals surface area contributed by atoms with Gasteiger partial charge in [-0.15, -0.1) is 0 Å². The quantitative estimate of drug-likeness (QED) is 0.936. The highest BCUT2D eigenvalue weighted by molar-refractivity contribution is 6.08. The normalized spacial score (nSPS) is 13.0. The van der Waals surface area contributed by atoms with Crippen LogP contribution in [0, 0.1) is 5.41 Å². The summed E-state index contributed by atoms with van der Waals surface area (Å²) in [5, 5.41) is 4.79. The van der Waals surface area contributed by atoms with Gasteiger partial charge in [0, 0.05) is 5.56 Å². The molecule has 1 unspecified atom stereocenters. The van der Waals surface area contributed by atoms with E-state index in [1.807, 2.05) is 57.2 Å². The fourth-order valence-corrected chi connectivity index (χ4v) is 2.56. The molecule has 0 aliphatic rings. The molecule has 3 nitrogen and oxygen atoms in total. The van der Waals surface area contributed by atoms with E-state index in [-0.39, 0.29) is 17.1 Å². The Kier molecular flexibility index (Phi) is 4.12. The maximum Gasteiger partial charge on any atom is 0.252 e. The van der Waals surface area contributed by atoms with Crippen molar-refractivity contribution in [3.63, 3.8) is 0 Å². The van der Waals surface area contributed by atoms with Crippen molar-refractivity contribution in [2.75, 3.05) is 0 Å². The van der Waals surface area contributed by atoms with Gasteiger partial charge in [0.2, 0.25) is 0 Å². The van der Waals surface area contributed by atoms with Crippen LogP contribution in [0.5, 0.6) is 0 Å². The number of fused-ring (bicyclic) bond motifs is 1. The largest absolute Gasteiger partial charge is 0.342 e. The summed E-state index contributed by atoms with van der Waals surface area (Å²) < 4.78 is 0. The average Bonchev–Trinajstić information content (AvgIpc) is 2.42. The third kappa shape index (κ3) is 3.30. The van der Waals surface area contributed by atoms with E-state index >= 15 is 0 Å². The topological polar surface area (TPSA) is 46.2 Å². The van der Waals surface area contributed by atoms with Crippen LogP contribution in [-0.4, -0.2) is 17.7 Å². The smallest absolute Gasteiger partial charge is 0.252 e.